The van der Waals surface area contributed by atoms with Gasteiger partial charge in [-0.25, -0.2) is 4.90 Å². The molecule has 1 saturated carbocycles. The van der Waals surface area contributed by atoms with E-state index in [0.717, 1.165) is 6.42 Å². The molecule has 2 bridgehead atoms. The zero-order valence-corrected chi connectivity index (χ0v) is 15.2. The van der Waals surface area contributed by atoms with Crippen LogP contribution >= 0.6 is 0 Å². The molecule has 0 radical (unpaired) electrons. The van der Waals surface area contributed by atoms with E-state index in [-0.39, 0.29) is 47.9 Å². The minimum absolute atomic E-state index is 0.103. The predicted octanol–water partition coefficient (Wildman–Crippen LogP) is 3.26. The minimum atomic E-state index is -0.230. The van der Waals surface area contributed by atoms with E-state index in [1.807, 2.05) is 6.07 Å². The van der Waals surface area contributed by atoms with Gasteiger partial charge in [-0.05, 0) is 30.4 Å². The third kappa shape index (κ3) is 2.58. The van der Waals surface area contributed by atoms with Gasteiger partial charge in [0.1, 0.15) is 5.75 Å². The number of anilines is 1. The van der Waals surface area contributed by atoms with Gasteiger partial charge in [0.25, 0.3) is 0 Å². The second-order valence-corrected chi connectivity index (χ2v) is 7.59. The van der Waals surface area contributed by atoms with Crippen LogP contribution in [0.4, 0.5) is 5.69 Å². The van der Waals surface area contributed by atoms with Crippen LogP contribution in [0.15, 0.2) is 66.7 Å². The van der Waals surface area contributed by atoms with Gasteiger partial charge >= 0.3 is 0 Å². The van der Waals surface area contributed by atoms with Crippen LogP contribution in [0.25, 0.3) is 0 Å². The number of ether oxygens (including phenoxy) is 1. The highest BCUT2D eigenvalue weighted by atomic mass is 16.5. The third-order valence-corrected chi connectivity index (χ3v) is 6.01. The van der Waals surface area contributed by atoms with Crippen molar-refractivity contribution in [3.63, 3.8) is 0 Å². The first kappa shape index (κ1) is 16.9. The number of nitrogens with zero attached hydrogens (tertiary/aromatic N) is 1. The average Bonchev–Trinajstić information content (AvgIpc) is 3.41. The molecule has 2 aromatic rings. The van der Waals surface area contributed by atoms with Crippen molar-refractivity contribution in [2.75, 3.05) is 11.5 Å². The van der Waals surface area contributed by atoms with Crippen LogP contribution < -0.4 is 9.64 Å². The van der Waals surface area contributed by atoms with Gasteiger partial charge < -0.3 is 4.74 Å². The van der Waals surface area contributed by atoms with E-state index in [1.54, 1.807) is 48.5 Å². The maximum Gasteiger partial charge on any atom is 0.238 e. The molecule has 0 N–H and O–H groups in total. The summed E-state index contributed by atoms with van der Waals surface area (Å²) in [5.41, 5.74) is 1.09. The Kier molecular flexibility index (Phi) is 3.90. The lowest BCUT2D eigenvalue weighted by Gasteiger charge is -2.18. The number of carbonyl (C=O) groups excluding carboxylic acids is 3. The van der Waals surface area contributed by atoms with Gasteiger partial charge in [-0.15, -0.1) is 0 Å². The van der Waals surface area contributed by atoms with Crippen molar-refractivity contribution in [3.05, 3.63) is 72.3 Å². The van der Waals surface area contributed by atoms with Crippen LogP contribution in [0.5, 0.6) is 5.75 Å². The van der Waals surface area contributed by atoms with E-state index in [0.29, 0.717) is 17.0 Å². The molecule has 3 aliphatic rings. The molecule has 1 aliphatic heterocycles. The fourth-order valence-corrected chi connectivity index (χ4v) is 4.73. The molecule has 5 heteroatoms. The lowest BCUT2D eigenvalue weighted by molar-refractivity contribution is -0.123. The lowest BCUT2D eigenvalue weighted by Crippen LogP contribution is -2.32. The van der Waals surface area contributed by atoms with Crippen LogP contribution in [0.3, 0.4) is 0 Å². The molecule has 0 unspecified atom stereocenters. The molecular weight excluding hydrogens is 354 g/mol. The van der Waals surface area contributed by atoms with Crippen molar-refractivity contribution >= 4 is 23.3 Å². The van der Waals surface area contributed by atoms with Gasteiger partial charge in [-0.1, -0.05) is 48.6 Å². The molecule has 4 atom stereocenters. The first-order chi connectivity index (χ1) is 13.6. The average molecular weight is 373 g/mol. The van der Waals surface area contributed by atoms with Crippen molar-refractivity contribution < 1.29 is 19.1 Å². The zero-order valence-electron chi connectivity index (χ0n) is 15.2. The second-order valence-electron chi connectivity index (χ2n) is 7.59. The van der Waals surface area contributed by atoms with E-state index in [1.165, 1.54) is 4.90 Å². The van der Waals surface area contributed by atoms with Crippen molar-refractivity contribution in [2.24, 2.45) is 23.7 Å². The van der Waals surface area contributed by atoms with Gasteiger partial charge in [-0.3, -0.25) is 14.4 Å². The van der Waals surface area contributed by atoms with Crippen LogP contribution in [-0.2, 0) is 9.59 Å². The summed E-state index contributed by atoms with van der Waals surface area (Å²) in [6.45, 7) is -0.103. The Balaban J connectivity index is 1.33. The molecule has 140 valence electrons. The van der Waals surface area contributed by atoms with E-state index in [2.05, 4.69) is 12.2 Å². The van der Waals surface area contributed by atoms with Crippen molar-refractivity contribution in [1.82, 2.24) is 0 Å². The maximum absolute atomic E-state index is 12.9. The van der Waals surface area contributed by atoms with Crippen molar-refractivity contribution in [2.45, 2.75) is 6.42 Å². The molecule has 28 heavy (non-hydrogen) atoms. The van der Waals surface area contributed by atoms with E-state index < -0.39 is 0 Å². The Labute approximate surface area is 162 Å². The number of Topliss-reactive ketones (excluding diaryl/α,β-unsaturated/α-hetero) is 1. The summed E-state index contributed by atoms with van der Waals surface area (Å²) < 4.78 is 5.63. The smallest absolute Gasteiger partial charge is 0.238 e. The largest absolute Gasteiger partial charge is 0.485 e. The summed E-state index contributed by atoms with van der Waals surface area (Å²) in [5.74, 6) is -0.0111. The van der Waals surface area contributed by atoms with Gasteiger partial charge in [0.2, 0.25) is 11.8 Å². The Hall–Kier alpha value is -3.21. The van der Waals surface area contributed by atoms with Crippen molar-refractivity contribution in [3.8, 4) is 5.75 Å². The number of imide groups is 1. The number of carbonyl (C=O) groups is 3. The Morgan fingerprint density at radius 3 is 2.29 bits per heavy atom. The Morgan fingerprint density at radius 2 is 1.61 bits per heavy atom. The normalized spacial score (nSPS) is 27.4. The number of ketones is 1. The van der Waals surface area contributed by atoms with Gasteiger partial charge in [0.05, 0.1) is 17.5 Å². The van der Waals surface area contributed by atoms with Crippen LogP contribution in [0, 0.1) is 23.7 Å². The van der Waals surface area contributed by atoms with Gasteiger partial charge in [0, 0.05) is 11.6 Å². The van der Waals surface area contributed by atoms with Crippen LogP contribution in [0.2, 0.25) is 0 Å². The summed E-state index contributed by atoms with van der Waals surface area (Å²) in [4.78, 5) is 39.4. The summed E-state index contributed by atoms with van der Waals surface area (Å²) in [7, 11) is 0. The predicted molar refractivity (Wildman–Crippen MR) is 103 cm³/mol. The Morgan fingerprint density at radius 1 is 0.929 bits per heavy atom. The summed E-state index contributed by atoms with van der Waals surface area (Å²) in [6, 6.07) is 15.8. The molecule has 5 rings (SSSR count). The molecule has 2 aliphatic carbocycles. The quantitative estimate of drug-likeness (QED) is 0.458. The molecule has 1 saturated heterocycles. The molecule has 2 fully saturated rings. The lowest BCUT2D eigenvalue weighted by atomic mass is 9.85. The summed E-state index contributed by atoms with van der Waals surface area (Å²) in [6.07, 6.45) is 5.07. The van der Waals surface area contributed by atoms with E-state index in [9.17, 15) is 14.4 Å². The van der Waals surface area contributed by atoms with Gasteiger partial charge in [-0.2, -0.15) is 0 Å². The monoisotopic (exact) mass is 373 g/mol. The first-order valence-corrected chi connectivity index (χ1v) is 9.51. The number of rotatable bonds is 5. The summed E-state index contributed by atoms with van der Waals surface area (Å²) in [5, 5.41) is 0. The minimum Gasteiger partial charge on any atom is -0.485 e. The van der Waals surface area contributed by atoms with Gasteiger partial charge in [0.15, 0.2) is 12.4 Å². The number of hydrogen-bond donors (Lipinski definition) is 0. The number of allylic oxidation sites excluding steroid dienone is 2. The number of hydrogen-bond acceptors (Lipinski definition) is 4. The number of benzene rings is 2. The fraction of sp³-hybridized carbons (Fsp3) is 0.261. The van der Waals surface area contributed by atoms with Crippen molar-refractivity contribution in [1.29, 1.82) is 0 Å². The molecule has 5 nitrogen and oxygen atoms in total. The highest BCUT2D eigenvalue weighted by Crippen LogP contribution is 2.53. The number of amides is 2. The third-order valence-electron chi connectivity index (χ3n) is 6.01. The van der Waals surface area contributed by atoms with E-state index in [4.69, 9.17) is 4.74 Å². The summed E-state index contributed by atoms with van der Waals surface area (Å²) >= 11 is 0. The highest BCUT2D eigenvalue weighted by molar-refractivity contribution is 6.22. The van der Waals surface area contributed by atoms with E-state index >= 15 is 0 Å². The standard InChI is InChI=1S/C23H19NO4/c25-19(14-5-2-1-3-6-14)13-28-18-8-4-7-17(12-18)24-22(26)20-15-9-10-16(11-15)21(20)23(24)27/h1-10,12,15-16,20-21H,11,13H2/t15-,16-,20-,21-/m0/s1. The second kappa shape index (κ2) is 6.44. The fourth-order valence-electron chi connectivity index (χ4n) is 4.73. The molecule has 0 spiro atoms. The highest BCUT2D eigenvalue weighted by Gasteiger charge is 2.59. The maximum atomic E-state index is 12.9. The molecule has 1 heterocycles. The zero-order chi connectivity index (χ0) is 19.3. The molecule has 0 aromatic heterocycles. The van der Waals surface area contributed by atoms with Crippen LogP contribution in [-0.4, -0.2) is 24.2 Å². The molecular formula is C23H19NO4. The number of fused-ring (bicyclic) bond motifs is 5. The Bertz CT molecular complexity index is 967. The molecule has 2 amide bonds. The molecule has 2 aromatic carbocycles. The first-order valence-electron chi connectivity index (χ1n) is 9.51. The van der Waals surface area contributed by atoms with Crippen LogP contribution in [0.1, 0.15) is 16.8 Å². The SMILES string of the molecule is O=C(COc1cccc(N2C(=O)[C@@H]3[C@@H](C2=O)[C@H]2C=C[C@H]3C2)c1)c1ccccc1. The topological polar surface area (TPSA) is 63.7 Å².